The van der Waals surface area contributed by atoms with Crippen LogP contribution in [0.25, 0.3) is 0 Å². The maximum Gasteiger partial charge on any atom is 0.187 e. The lowest BCUT2D eigenvalue weighted by Gasteiger charge is -2.28. The monoisotopic (exact) mass is 366 g/mol. The molecule has 0 fully saturated rings. The minimum Gasteiger partial charge on any atom is -0.496 e. The minimum absolute atomic E-state index is 0.125. The van der Waals surface area contributed by atoms with Crippen molar-refractivity contribution in [2.75, 3.05) is 14.2 Å². The predicted molar refractivity (Wildman–Crippen MR) is 102 cm³/mol. The maximum atomic E-state index is 13.5. The summed E-state index contributed by atoms with van der Waals surface area (Å²) >= 11 is 0. The number of carbonyl (C=O) groups excluding carboxylic acids is 1. The first-order valence-electron chi connectivity index (χ1n) is 9.06. The maximum absolute atomic E-state index is 13.5. The van der Waals surface area contributed by atoms with Crippen molar-refractivity contribution < 1.29 is 18.8 Å². The van der Waals surface area contributed by atoms with Crippen LogP contribution < -0.4 is 9.47 Å². The van der Waals surface area contributed by atoms with E-state index in [2.05, 4.69) is 20.8 Å². The molecular weight excluding hydrogens is 335 g/mol. The molecule has 0 saturated heterocycles. The van der Waals surface area contributed by atoms with Gasteiger partial charge in [0.1, 0.15) is 22.2 Å². The third-order valence-corrected chi connectivity index (χ3v) is 5.40. The average Bonchev–Trinajstić information content (AvgIpc) is 2.62. The van der Waals surface area contributed by atoms with Crippen LogP contribution in [0.1, 0.15) is 69.7 Å². The first kappa shape index (κ1) is 21.6. The van der Waals surface area contributed by atoms with E-state index >= 15 is 0 Å². The van der Waals surface area contributed by atoms with Crippen molar-refractivity contribution in [3.63, 3.8) is 0 Å². The van der Waals surface area contributed by atoms with Gasteiger partial charge in [-0.1, -0.05) is 52.5 Å². The van der Waals surface area contributed by atoms with Gasteiger partial charge in [0.15, 0.2) is 14.2 Å². The van der Waals surface area contributed by atoms with Crippen molar-refractivity contribution in [2.24, 2.45) is 5.92 Å². The number of ether oxygens (including phenoxy) is 2. The Kier molecular flexibility index (Phi) is 9.13. The third kappa shape index (κ3) is 5.54. The largest absolute Gasteiger partial charge is 0.496 e. The van der Waals surface area contributed by atoms with Gasteiger partial charge in [-0.05, 0) is 30.9 Å². The summed E-state index contributed by atoms with van der Waals surface area (Å²) in [5, 5.41) is -0.927. The molecule has 0 radical (unpaired) electrons. The summed E-state index contributed by atoms with van der Waals surface area (Å²) in [6.07, 6.45) is 5.36. The van der Waals surface area contributed by atoms with Crippen LogP contribution in [0.2, 0.25) is 0 Å². The fourth-order valence-electron chi connectivity index (χ4n) is 3.26. The van der Waals surface area contributed by atoms with Gasteiger partial charge in [0, 0.05) is 0 Å². The number of hydrogen-bond donors (Lipinski definition) is 0. The van der Waals surface area contributed by atoms with E-state index < -0.39 is 5.16 Å². The summed E-state index contributed by atoms with van der Waals surface area (Å²) in [4.78, 5) is 13.5. The number of ketones is 1. The molecule has 0 saturated carbocycles. The zero-order valence-corrected chi connectivity index (χ0v) is 17.0. The van der Waals surface area contributed by atoms with E-state index in [1.807, 2.05) is 0 Å². The zero-order chi connectivity index (χ0) is 18.9. The molecule has 0 bridgehead atoms. The van der Waals surface area contributed by atoms with Gasteiger partial charge in [-0.15, -0.1) is 0 Å². The van der Waals surface area contributed by atoms with Crippen molar-refractivity contribution in [1.29, 1.82) is 0 Å². The molecule has 140 valence electrons. The summed E-state index contributed by atoms with van der Waals surface area (Å²) in [6.45, 7) is 6.26. The zero-order valence-electron chi connectivity index (χ0n) is 16.1. The highest BCUT2D eigenvalue weighted by Gasteiger charge is 2.42. The Hall–Kier alpha value is -1.41. The molecule has 1 aromatic rings. The number of Topliss-reactive ketones (excluding diaryl/α,β-unsaturated/α-hetero) is 1. The predicted octanol–water partition coefficient (Wildman–Crippen LogP) is 5.93. The molecular formula is C20H31O4P. The molecule has 1 rings (SSSR count). The lowest BCUT2D eigenvalue weighted by atomic mass is 9.84. The molecule has 0 amide bonds. The Morgan fingerprint density at radius 1 is 1.12 bits per heavy atom. The van der Waals surface area contributed by atoms with Crippen LogP contribution in [0.3, 0.4) is 0 Å². The highest BCUT2D eigenvalue weighted by molar-refractivity contribution is 7.28. The second kappa shape index (κ2) is 10.6. The van der Waals surface area contributed by atoms with Crippen LogP contribution in [-0.4, -0.2) is 25.2 Å². The van der Waals surface area contributed by atoms with Gasteiger partial charge in [0.05, 0.1) is 14.2 Å². The van der Waals surface area contributed by atoms with Crippen LogP contribution in [0.5, 0.6) is 11.5 Å². The third-order valence-electron chi connectivity index (χ3n) is 4.44. The van der Waals surface area contributed by atoms with Gasteiger partial charge in [0.25, 0.3) is 0 Å². The van der Waals surface area contributed by atoms with Crippen molar-refractivity contribution in [3.05, 3.63) is 23.8 Å². The molecule has 25 heavy (non-hydrogen) atoms. The number of benzene rings is 1. The van der Waals surface area contributed by atoms with Crippen LogP contribution in [0.4, 0.5) is 0 Å². The van der Waals surface area contributed by atoms with E-state index in [0.29, 0.717) is 29.9 Å². The molecule has 5 heteroatoms. The number of carbonyl (C=O) groups is 1. The molecule has 1 unspecified atom stereocenters. The molecule has 0 aliphatic rings. The van der Waals surface area contributed by atoms with Crippen molar-refractivity contribution in [1.82, 2.24) is 0 Å². The highest BCUT2D eigenvalue weighted by atomic mass is 31.1. The lowest BCUT2D eigenvalue weighted by molar-refractivity contribution is 0.0911. The van der Waals surface area contributed by atoms with E-state index in [-0.39, 0.29) is 20.2 Å². The number of unbranched alkanes of at least 4 members (excludes halogenated alkanes) is 3. The van der Waals surface area contributed by atoms with Crippen LogP contribution in [-0.2, 0) is 4.57 Å². The van der Waals surface area contributed by atoms with E-state index in [4.69, 9.17) is 9.47 Å². The van der Waals surface area contributed by atoms with Gasteiger partial charge < -0.3 is 9.47 Å². The van der Waals surface area contributed by atoms with Crippen molar-refractivity contribution >= 4 is 14.2 Å². The summed E-state index contributed by atoms with van der Waals surface area (Å²) in [5.41, 5.74) is 0.395. The second-order valence-electron chi connectivity index (χ2n) is 6.90. The highest BCUT2D eigenvalue weighted by Crippen LogP contribution is 2.43. The molecule has 0 N–H and O–H groups in total. The molecule has 0 heterocycles. The van der Waals surface area contributed by atoms with Crippen LogP contribution in [0.15, 0.2) is 18.2 Å². The lowest BCUT2D eigenvalue weighted by Crippen LogP contribution is -2.35. The normalized spacial score (nSPS) is 13.7. The minimum atomic E-state index is -0.927. The second-order valence-corrected chi connectivity index (χ2v) is 7.94. The van der Waals surface area contributed by atoms with Gasteiger partial charge in [-0.3, -0.25) is 9.36 Å². The van der Waals surface area contributed by atoms with E-state index in [9.17, 15) is 9.36 Å². The molecule has 0 aliphatic carbocycles. The first-order chi connectivity index (χ1) is 12.0. The van der Waals surface area contributed by atoms with E-state index in [1.54, 1.807) is 18.2 Å². The summed E-state index contributed by atoms with van der Waals surface area (Å²) in [7, 11) is 2.94. The molecule has 0 aliphatic heterocycles. The van der Waals surface area contributed by atoms with Gasteiger partial charge in [-0.2, -0.15) is 0 Å². The molecule has 0 aromatic heterocycles. The fourth-order valence-corrected chi connectivity index (χ4v) is 4.14. The van der Waals surface area contributed by atoms with Crippen LogP contribution in [0, 0.1) is 5.92 Å². The molecule has 1 aromatic carbocycles. The summed E-state index contributed by atoms with van der Waals surface area (Å²) in [6, 6.07) is 5.28. The molecule has 1 atom stereocenters. The van der Waals surface area contributed by atoms with Crippen molar-refractivity contribution in [3.8, 4) is 11.5 Å². The Balaban J connectivity index is 3.29. The standard InChI is InChI=1S/C20H31O4P/c1-6-7-8-9-13-20(25-22,14-15(2)3)19(21)18-16(23-4)11-10-12-17(18)24-5/h10-12,15H,6-9,13-14H2,1-5H3. The fraction of sp³-hybridized carbons (Fsp3) is 0.650. The van der Waals surface area contributed by atoms with Gasteiger partial charge >= 0.3 is 0 Å². The summed E-state index contributed by atoms with van der Waals surface area (Å²) in [5.74, 6) is 1.05. The van der Waals surface area contributed by atoms with E-state index in [1.165, 1.54) is 14.2 Å². The van der Waals surface area contributed by atoms with Crippen LogP contribution >= 0.6 is 8.46 Å². The number of rotatable bonds is 12. The quantitative estimate of drug-likeness (QED) is 0.261. The van der Waals surface area contributed by atoms with E-state index in [0.717, 1.165) is 25.7 Å². The Morgan fingerprint density at radius 2 is 1.72 bits per heavy atom. The molecule has 0 spiro atoms. The Labute approximate surface area is 153 Å². The average molecular weight is 366 g/mol. The Morgan fingerprint density at radius 3 is 2.16 bits per heavy atom. The van der Waals surface area contributed by atoms with Crippen molar-refractivity contribution in [2.45, 2.75) is 64.5 Å². The van der Waals surface area contributed by atoms with Gasteiger partial charge in [-0.25, -0.2) is 0 Å². The number of methoxy groups -OCH3 is 2. The SMILES string of the molecule is CCCCCCC(CC(C)C)(P=O)C(=O)c1c(OC)cccc1OC. The Bertz CT molecular complexity index is 549. The smallest absolute Gasteiger partial charge is 0.187 e. The topological polar surface area (TPSA) is 52.6 Å². The molecule has 4 nitrogen and oxygen atoms in total. The summed E-state index contributed by atoms with van der Waals surface area (Å²) < 4.78 is 23.0. The van der Waals surface area contributed by atoms with Gasteiger partial charge in [0.2, 0.25) is 0 Å². The number of hydrogen-bond acceptors (Lipinski definition) is 4. The first-order valence-corrected chi connectivity index (χ1v) is 9.87.